The second-order valence-electron chi connectivity index (χ2n) is 10.8. The molecule has 2 aliphatic carbocycles. The summed E-state index contributed by atoms with van der Waals surface area (Å²) in [6.45, 7) is 7.53. The van der Waals surface area contributed by atoms with Crippen LogP contribution in [0.1, 0.15) is 65.4 Å². The first-order chi connectivity index (χ1) is 15.0. The van der Waals surface area contributed by atoms with Gasteiger partial charge in [0.1, 0.15) is 11.4 Å². The Morgan fingerprint density at radius 2 is 1.97 bits per heavy atom. The van der Waals surface area contributed by atoms with Crippen LogP contribution in [0.25, 0.3) is 0 Å². The van der Waals surface area contributed by atoms with Crippen LogP contribution in [-0.2, 0) is 20.7 Å². The number of nitrogens with one attached hydrogen (secondary N) is 1. The number of aromatic hydroxyl groups is 1. The molecule has 3 aliphatic rings. The second-order valence-corrected chi connectivity index (χ2v) is 10.8. The highest BCUT2D eigenvalue weighted by Gasteiger charge is 2.72. The second kappa shape index (κ2) is 8.03. The number of nitrogens with two attached hydrogens (primary N) is 1. The molecule has 0 radical (unpaired) electrons. The fraction of sp³-hybridized carbons (Fsp3) is 0.680. The Balaban J connectivity index is 1.52. The molecule has 3 fully saturated rings. The SMILES string of the molecule is CC[C@]12N[C@@H](OC(=O)OC(C)(C)C)C[C@@H]1[C@H]1CC[C@@]2(C(=O)C(N)Cc2ccc(O)cc2)C1. The fourth-order valence-corrected chi connectivity index (χ4v) is 6.75. The smallest absolute Gasteiger partial charge is 0.508 e. The summed E-state index contributed by atoms with van der Waals surface area (Å²) in [5, 5.41) is 13.1. The zero-order valence-electron chi connectivity index (χ0n) is 19.5. The van der Waals surface area contributed by atoms with E-state index in [1.807, 2.05) is 32.9 Å². The number of phenolic OH excluding ortho intramolecular Hbond substituents is 1. The number of carbonyl (C=O) groups is 2. The minimum atomic E-state index is -0.682. The van der Waals surface area contributed by atoms with Crippen LogP contribution in [0.15, 0.2) is 24.3 Å². The van der Waals surface area contributed by atoms with Crippen molar-refractivity contribution in [3.8, 4) is 5.75 Å². The van der Waals surface area contributed by atoms with E-state index in [0.29, 0.717) is 18.8 Å². The third-order valence-corrected chi connectivity index (χ3v) is 7.88. The average molecular weight is 445 g/mol. The topological polar surface area (TPSA) is 111 Å². The van der Waals surface area contributed by atoms with Crippen LogP contribution in [0.3, 0.4) is 0 Å². The lowest BCUT2D eigenvalue weighted by atomic mass is 9.60. The van der Waals surface area contributed by atoms with Gasteiger partial charge in [0, 0.05) is 17.4 Å². The van der Waals surface area contributed by atoms with Gasteiger partial charge >= 0.3 is 6.16 Å². The monoisotopic (exact) mass is 444 g/mol. The average Bonchev–Trinajstić information content (AvgIpc) is 3.37. The maximum Gasteiger partial charge on any atom is 0.510 e. The summed E-state index contributed by atoms with van der Waals surface area (Å²) in [6, 6.07) is 6.24. The van der Waals surface area contributed by atoms with Gasteiger partial charge in [0.15, 0.2) is 12.0 Å². The molecular weight excluding hydrogens is 408 g/mol. The van der Waals surface area contributed by atoms with E-state index in [0.717, 1.165) is 31.2 Å². The van der Waals surface area contributed by atoms with E-state index >= 15 is 0 Å². The lowest BCUT2D eigenvalue weighted by Gasteiger charge is -2.47. The van der Waals surface area contributed by atoms with Crippen LogP contribution in [0.4, 0.5) is 4.79 Å². The van der Waals surface area contributed by atoms with Crippen molar-refractivity contribution in [2.75, 3.05) is 0 Å². The third kappa shape index (κ3) is 3.79. The Labute approximate surface area is 190 Å². The highest BCUT2D eigenvalue weighted by molar-refractivity contribution is 5.92. The van der Waals surface area contributed by atoms with Gasteiger partial charge in [0.25, 0.3) is 0 Å². The number of hydrogen-bond acceptors (Lipinski definition) is 7. The molecule has 4 rings (SSSR count). The van der Waals surface area contributed by atoms with Crippen LogP contribution < -0.4 is 11.1 Å². The van der Waals surface area contributed by atoms with Gasteiger partial charge in [-0.05, 0) is 82.4 Å². The molecule has 1 saturated heterocycles. The quantitative estimate of drug-likeness (QED) is 0.574. The number of benzene rings is 1. The minimum Gasteiger partial charge on any atom is -0.508 e. The van der Waals surface area contributed by atoms with Gasteiger partial charge in [-0.2, -0.15) is 0 Å². The van der Waals surface area contributed by atoms with Crippen molar-refractivity contribution in [3.05, 3.63) is 29.8 Å². The van der Waals surface area contributed by atoms with Gasteiger partial charge in [-0.15, -0.1) is 0 Å². The van der Waals surface area contributed by atoms with E-state index in [1.165, 1.54) is 0 Å². The molecule has 0 amide bonds. The van der Waals surface area contributed by atoms with Crippen molar-refractivity contribution in [1.82, 2.24) is 5.32 Å². The van der Waals surface area contributed by atoms with Crippen LogP contribution in [-0.4, -0.2) is 40.5 Å². The first kappa shape index (κ1) is 23.1. The summed E-state index contributed by atoms with van der Waals surface area (Å²) in [5.74, 6) is 1.00. The maximum absolute atomic E-state index is 13.9. The first-order valence-corrected chi connectivity index (χ1v) is 11.7. The minimum absolute atomic E-state index is 0.0999. The van der Waals surface area contributed by atoms with Crippen molar-refractivity contribution in [1.29, 1.82) is 0 Å². The van der Waals surface area contributed by atoms with Gasteiger partial charge in [-0.1, -0.05) is 19.1 Å². The first-order valence-electron chi connectivity index (χ1n) is 11.7. The molecular formula is C25H36N2O5. The Morgan fingerprint density at radius 3 is 2.59 bits per heavy atom. The Kier molecular flexibility index (Phi) is 5.78. The number of carbonyl (C=O) groups excluding carboxylic acids is 2. The predicted octanol–water partition coefficient (Wildman–Crippen LogP) is 3.67. The van der Waals surface area contributed by atoms with Crippen molar-refractivity contribution >= 4 is 11.9 Å². The van der Waals surface area contributed by atoms with Gasteiger partial charge in [-0.25, -0.2) is 4.79 Å². The van der Waals surface area contributed by atoms with E-state index in [1.54, 1.807) is 12.1 Å². The maximum atomic E-state index is 13.9. The van der Waals surface area contributed by atoms with Crippen molar-refractivity contribution in [2.45, 2.75) is 89.6 Å². The lowest BCUT2D eigenvalue weighted by molar-refractivity contribution is -0.135. The molecule has 4 N–H and O–H groups in total. The molecule has 32 heavy (non-hydrogen) atoms. The standard InChI is InChI=1S/C25H36N2O5/c1-5-25-18(13-20(27-25)31-22(30)32-23(2,3)4)16-10-11-24(25,14-16)21(29)19(26)12-15-6-8-17(28)9-7-15/h6-9,16,18-20,27-28H,5,10-14,26H2,1-4H3/t16-,18+,19?,20-,24-,25-/m0/s1. The lowest BCUT2D eigenvalue weighted by Crippen LogP contribution is -2.63. The summed E-state index contributed by atoms with van der Waals surface area (Å²) in [5.41, 5.74) is 5.84. The molecule has 2 saturated carbocycles. The molecule has 1 aliphatic heterocycles. The zero-order chi connectivity index (χ0) is 23.3. The molecule has 2 bridgehead atoms. The van der Waals surface area contributed by atoms with E-state index in [2.05, 4.69) is 12.2 Å². The molecule has 1 heterocycles. The number of ketones is 1. The Bertz CT molecular complexity index is 879. The summed E-state index contributed by atoms with van der Waals surface area (Å²) in [4.78, 5) is 26.1. The van der Waals surface area contributed by atoms with Crippen LogP contribution in [0, 0.1) is 17.3 Å². The van der Waals surface area contributed by atoms with Gasteiger partial charge in [-0.3, -0.25) is 10.1 Å². The highest BCUT2D eigenvalue weighted by atomic mass is 16.7. The number of hydrogen-bond donors (Lipinski definition) is 3. The third-order valence-electron chi connectivity index (χ3n) is 7.88. The highest BCUT2D eigenvalue weighted by Crippen LogP contribution is 2.67. The van der Waals surface area contributed by atoms with E-state index in [-0.39, 0.29) is 17.5 Å². The molecule has 6 atom stereocenters. The predicted molar refractivity (Wildman–Crippen MR) is 120 cm³/mol. The zero-order valence-corrected chi connectivity index (χ0v) is 19.5. The molecule has 0 aromatic heterocycles. The summed E-state index contributed by atoms with van der Waals surface area (Å²) < 4.78 is 11.0. The summed E-state index contributed by atoms with van der Waals surface area (Å²) in [6.07, 6.45) is 3.43. The van der Waals surface area contributed by atoms with E-state index < -0.39 is 35.0 Å². The molecule has 1 aromatic carbocycles. The Morgan fingerprint density at radius 1 is 1.28 bits per heavy atom. The molecule has 1 aromatic rings. The summed E-state index contributed by atoms with van der Waals surface area (Å²) >= 11 is 0. The van der Waals surface area contributed by atoms with Gasteiger partial charge in [0.05, 0.1) is 6.04 Å². The molecule has 7 nitrogen and oxygen atoms in total. The van der Waals surface area contributed by atoms with Crippen LogP contribution in [0.2, 0.25) is 0 Å². The van der Waals surface area contributed by atoms with E-state index in [4.69, 9.17) is 15.2 Å². The normalized spacial score (nSPS) is 34.2. The molecule has 7 heteroatoms. The number of rotatable bonds is 6. The number of Topliss-reactive ketones (excluding diaryl/α,β-unsaturated/α-hetero) is 1. The largest absolute Gasteiger partial charge is 0.510 e. The Hall–Kier alpha value is -2.12. The molecule has 1 unspecified atom stereocenters. The summed E-state index contributed by atoms with van der Waals surface area (Å²) in [7, 11) is 0. The molecule has 176 valence electrons. The van der Waals surface area contributed by atoms with Crippen molar-refractivity contribution in [2.24, 2.45) is 23.0 Å². The van der Waals surface area contributed by atoms with Crippen LogP contribution >= 0.6 is 0 Å². The van der Waals surface area contributed by atoms with Gasteiger partial charge in [0.2, 0.25) is 0 Å². The fourth-order valence-electron chi connectivity index (χ4n) is 6.75. The van der Waals surface area contributed by atoms with Crippen molar-refractivity contribution in [3.63, 3.8) is 0 Å². The van der Waals surface area contributed by atoms with E-state index in [9.17, 15) is 14.7 Å². The number of fused-ring (bicyclic) bond motifs is 5. The number of ether oxygens (including phenoxy) is 2. The van der Waals surface area contributed by atoms with Crippen LogP contribution in [0.5, 0.6) is 5.75 Å². The molecule has 0 spiro atoms. The number of phenols is 1. The van der Waals surface area contributed by atoms with Crippen molar-refractivity contribution < 1.29 is 24.2 Å². The van der Waals surface area contributed by atoms with Gasteiger partial charge < -0.3 is 20.3 Å².